The number of nitrogens with one attached hydrogen (secondary N) is 1. The number of hydrazone groups is 1. The van der Waals surface area contributed by atoms with E-state index in [0.29, 0.717) is 30.5 Å². The second-order valence-electron chi connectivity index (χ2n) is 5.85. The highest BCUT2D eigenvalue weighted by atomic mass is 16.2. The van der Waals surface area contributed by atoms with Gasteiger partial charge in [0, 0.05) is 25.4 Å². The van der Waals surface area contributed by atoms with Crippen LogP contribution in [0.4, 0.5) is 0 Å². The van der Waals surface area contributed by atoms with Crippen molar-refractivity contribution in [2.45, 2.75) is 57.4 Å². The Hall–Kier alpha value is -1.39. The van der Waals surface area contributed by atoms with E-state index >= 15 is 0 Å². The maximum Gasteiger partial charge on any atom is 0.270 e. The second kappa shape index (κ2) is 5.31. The summed E-state index contributed by atoms with van der Waals surface area (Å²) in [5.74, 6) is 0.646. The largest absolute Gasteiger partial charge is 0.334 e. The smallest absolute Gasteiger partial charge is 0.270 e. The van der Waals surface area contributed by atoms with Crippen molar-refractivity contribution < 1.29 is 9.59 Å². The third-order valence-corrected chi connectivity index (χ3v) is 4.66. The SMILES string of the molecule is O=C1CCC(C(=O)N2CCCC3CCCCC32)=NN1. The molecule has 5 nitrogen and oxygen atoms in total. The number of amides is 2. The molecule has 2 amide bonds. The minimum atomic E-state index is -0.0919. The number of hydrogen-bond acceptors (Lipinski definition) is 3. The van der Waals surface area contributed by atoms with Crippen LogP contribution in [-0.4, -0.2) is 35.0 Å². The Balaban J connectivity index is 1.73. The third kappa shape index (κ3) is 2.51. The van der Waals surface area contributed by atoms with Crippen molar-refractivity contribution in [1.29, 1.82) is 0 Å². The van der Waals surface area contributed by atoms with E-state index in [1.807, 2.05) is 4.90 Å². The highest BCUT2D eigenvalue weighted by molar-refractivity contribution is 6.39. The Bertz CT molecular complexity index is 417. The molecule has 3 rings (SSSR count). The summed E-state index contributed by atoms with van der Waals surface area (Å²) in [5.41, 5.74) is 2.96. The molecule has 0 radical (unpaired) electrons. The zero-order valence-corrected chi connectivity index (χ0v) is 11.2. The summed E-state index contributed by atoms with van der Waals surface area (Å²) < 4.78 is 0. The van der Waals surface area contributed by atoms with Crippen molar-refractivity contribution >= 4 is 17.5 Å². The summed E-state index contributed by atoms with van der Waals surface area (Å²) in [6.45, 7) is 0.854. The lowest BCUT2D eigenvalue weighted by Crippen LogP contribution is -2.52. The highest BCUT2D eigenvalue weighted by Crippen LogP contribution is 2.35. The molecular weight excluding hydrogens is 242 g/mol. The molecule has 3 aliphatic rings. The molecular formula is C14H21N3O2. The van der Waals surface area contributed by atoms with Gasteiger partial charge < -0.3 is 4.90 Å². The predicted molar refractivity (Wildman–Crippen MR) is 71.5 cm³/mol. The third-order valence-electron chi connectivity index (χ3n) is 4.66. The van der Waals surface area contributed by atoms with Gasteiger partial charge in [0.15, 0.2) is 0 Å². The Morgan fingerprint density at radius 2 is 1.95 bits per heavy atom. The number of carbonyl (C=O) groups is 2. The van der Waals surface area contributed by atoms with Gasteiger partial charge >= 0.3 is 0 Å². The van der Waals surface area contributed by atoms with Crippen molar-refractivity contribution in [3.05, 3.63) is 0 Å². The van der Waals surface area contributed by atoms with Crippen molar-refractivity contribution in [1.82, 2.24) is 10.3 Å². The zero-order valence-electron chi connectivity index (χ0n) is 11.2. The normalized spacial score (nSPS) is 31.3. The summed E-state index contributed by atoms with van der Waals surface area (Å²) in [7, 11) is 0. The average molecular weight is 263 g/mol. The number of likely N-dealkylation sites (tertiary alicyclic amines) is 1. The van der Waals surface area contributed by atoms with Crippen LogP contribution in [0.1, 0.15) is 51.4 Å². The molecule has 1 N–H and O–H groups in total. The summed E-state index contributed by atoms with van der Waals surface area (Å²) in [4.78, 5) is 25.7. The van der Waals surface area contributed by atoms with Crippen molar-refractivity contribution in [2.24, 2.45) is 11.0 Å². The number of nitrogens with zero attached hydrogens (tertiary/aromatic N) is 2. The van der Waals surface area contributed by atoms with Gasteiger partial charge in [-0.1, -0.05) is 12.8 Å². The van der Waals surface area contributed by atoms with Gasteiger partial charge in [0.05, 0.1) is 0 Å². The number of fused-ring (bicyclic) bond motifs is 1. The molecule has 19 heavy (non-hydrogen) atoms. The van der Waals surface area contributed by atoms with Gasteiger partial charge in [-0.25, -0.2) is 5.43 Å². The lowest BCUT2D eigenvalue weighted by atomic mass is 9.78. The van der Waals surface area contributed by atoms with Crippen LogP contribution in [0.5, 0.6) is 0 Å². The van der Waals surface area contributed by atoms with Gasteiger partial charge in [0.25, 0.3) is 5.91 Å². The van der Waals surface area contributed by atoms with E-state index in [2.05, 4.69) is 10.5 Å². The van der Waals surface area contributed by atoms with Crippen molar-refractivity contribution in [2.75, 3.05) is 6.54 Å². The monoisotopic (exact) mass is 263 g/mol. The molecule has 104 valence electrons. The van der Waals surface area contributed by atoms with Crippen LogP contribution in [0.3, 0.4) is 0 Å². The molecule has 0 bridgehead atoms. The Kier molecular flexibility index (Phi) is 3.53. The van der Waals surface area contributed by atoms with E-state index in [1.54, 1.807) is 0 Å². The van der Waals surface area contributed by atoms with Gasteiger partial charge in [0.2, 0.25) is 5.91 Å². The molecule has 0 aromatic carbocycles. The van der Waals surface area contributed by atoms with Gasteiger partial charge in [-0.3, -0.25) is 9.59 Å². The molecule has 1 saturated heterocycles. The van der Waals surface area contributed by atoms with Crippen LogP contribution in [-0.2, 0) is 9.59 Å². The van der Waals surface area contributed by atoms with Crippen molar-refractivity contribution in [3.63, 3.8) is 0 Å². The summed E-state index contributed by atoms with van der Waals surface area (Å²) in [5, 5.41) is 3.95. The maximum atomic E-state index is 12.6. The summed E-state index contributed by atoms with van der Waals surface area (Å²) in [6.07, 6.45) is 8.16. The van der Waals surface area contributed by atoms with Gasteiger partial charge in [-0.15, -0.1) is 0 Å². The first-order valence-electron chi connectivity index (χ1n) is 7.42. The lowest BCUT2D eigenvalue weighted by Gasteiger charge is -2.44. The molecule has 0 aromatic rings. The molecule has 0 aromatic heterocycles. The summed E-state index contributed by atoms with van der Waals surface area (Å²) in [6, 6.07) is 0.412. The lowest BCUT2D eigenvalue weighted by molar-refractivity contribution is -0.130. The molecule has 2 fully saturated rings. The maximum absolute atomic E-state index is 12.6. The van der Waals surface area contributed by atoms with Gasteiger partial charge in [-0.05, 0) is 31.6 Å². The predicted octanol–water partition coefficient (Wildman–Crippen LogP) is 1.43. The van der Waals surface area contributed by atoms with E-state index in [-0.39, 0.29) is 11.8 Å². The topological polar surface area (TPSA) is 61.8 Å². The van der Waals surface area contributed by atoms with Crippen LogP contribution in [0.25, 0.3) is 0 Å². The first kappa shape index (κ1) is 12.6. The van der Waals surface area contributed by atoms with Gasteiger partial charge in [-0.2, -0.15) is 5.10 Å². The zero-order chi connectivity index (χ0) is 13.2. The van der Waals surface area contributed by atoms with Crippen molar-refractivity contribution in [3.8, 4) is 0 Å². The number of rotatable bonds is 1. The molecule has 2 atom stereocenters. The minimum Gasteiger partial charge on any atom is -0.334 e. The Morgan fingerprint density at radius 3 is 2.74 bits per heavy atom. The molecule has 1 aliphatic carbocycles. The summed E-state index contributed by atoms with van der Waals surface area (Å²) >= 11 is 0. The number of carbonyl (C=O) groups excluding carboxylic acids is 2. The first-order chi connectivity index (χ1) is 9.25. The van der Waals surface area contributed by atoms with E-state index in [1.165, 1.54) is 25.7 Å². The van der Waals surface area contributed by atoms with E-state index in [0.717, 1.165) is 19.4 Å². The Morgan fingerprint density at radius 1 is 1.16 bits per heavy atom. The quantitative estimate of drug-likeness (QED) is 0.778. The van der Waals surface area contributed by atoms with Crippen LogP contribution in [0.2, 0.25) is 0 Å². The minimum absolute atomic E-state index is 0.0524. The number of piperidine rings is 1. The standard InChI is InChI=1S/C14H21N3O2/c18-13-8-7-11(15-16-13)14(19)17-9-3-5-10-4-1-2-6-12(10)17/h10,12H,1-9H2,(H,16,18). The van der Waals surface area contributed by atoms with Crippen LogP contribution >= 0.6 is 0 Å². The van der Waals surface area contributed by atoms with Gasteiger partial charge in [0.1, 0.15) is 5.71 Å². The highest BCUT2D eigenvalue weighted by Gasteiger charge is 2.37. The van der Waals surface area contributed by atoms with E-state index in [4.69, 9.17) is 0 Å². The molecule has 5 heteroatoms. The van der Waals surface area contributed by atoms with E-state index in [9.17, 15) is 9.59 Å². The fourth-order valence-electron chi connectivity index (χ4n) is 3.67. The number of hydrogen-bond donors (Lipinski definition) is 1. The fraction of sp³-hybridized carbons (Fsp3) is 0.786. The average Bonchev–Trinajstić information content (AvgIpc) is 2.47. The molecule has 0 spiro atoms. The molecule has 1 saturated carbocycles. The van der Waals surface area contributed by atoms with Crippen LogP contribution < -0.4 is 5.43 Å². The molecule has 2 unspecified atom stereocenters. The van der Waals surface area contributed by atoms with Crippen LogP contribution in [0, 0.1) is 5.92 Å². The second-order valence-corrected chi connectivity index (χ2v) is 5.85. The molecule has 2 heterocycles. The Labute approximate surface area is 113 Å². The van der Waals surface area contributed by atoms with Crippen LogP contribution in [0.15, 0.2) is 5.10 Å². The van der Waals surface area contributed by atoms with E-state index < -0.39 is 0 Å². The fourth-order valence-corrected chi connectivity index (χ4v) is 3.67. The molecule has 2 aliphatic heterocycles. The first-order valence-corrected chi connectivity index (χ1v) is 7.42.